The predicted octanol–water partition coefficient (Wildman–Crippen LogP) is 0.554. The molecule has 2 N–H and O–H groups in total. The lowest BCUT2D eigenvalue weighted by molar-refractivity contribution is -0.142. The Morgan fingerprint density at radius 2 is 2.21 bits per heavy atom. The molecule has 0 spiro atoms. The molecule has 0 aliphatic carbocycles. The molecule has 0 amide bonds. The molecular weight excluding hydrogens is 182 g/mol. The van der Waals surface area contributed by atoms with Crippen LogP contribution in [-0.2, 0) is 4.79 Å². The molecule has 1 atom stereocenters. The zero-order valence-electron chi connectivity index (χ0n) is 8.86. The van der Waals surface area contributed by atoms with Crippen LogP contribution in [0.15, 0.2) is 0 Å². The van der Waals surface area contributed by atoms with Crippen LogP contribution in [0.3, 0.4) is 0 Å². The number of nitrogens with zero attached hydrogens (tertiary/aromatic N) is 1. The van der Waals surface area contributed by atoms with Crippen LogP contribution in [0.5, 0.6) is 0 Å². The van der Waals surface area contributed by atoms with Gasteiger partial charge < -0.3 is 10.2 Å². The van der Waals surface area contributed by atoms with Crippen LogP contribution in [-0.4, -0.2) is 46.8 Å². The minimum atomic E-state index is -0.740. The molecule has 14 heavy (non-hydrogen) atoms. The van der Waals surface area contributed by atoms with E-state index in [1.165, 1.54) is 0 Å². The van der Waals surface area contributed by atoms with Crippen molar-refractivity contribution in [1.29, 1.82) is 0 Å². The number of aliphatic carboxylic acids is 1. The number of hydrogen-bond donors (Lipinski definition) is 2. The fraction of sp³-hybridized carbons (Fsp3) is 0.900. The number of carboxylic acids is 1. The first kappa shape index (κ1) is 11.5. The number of hydrogen-bond acceptors (Lipinski definition) is 3. The number of aliphatic hydroxyl groups is 1. The second kappa shape index (κ2) is 4.28. The molecule has 0 aromatic heterocycles. The third kappa shape index (κ3) is 2.69. The molecule has 0 aromatic rings. The van der Waals surface area contributed by atoms with Gasteiger partial charge in [-0.2, -0.15) is 0 Å². The fourth-order valence-electron chi connectivity index (χ4n) is 1.89. The van der Waals surface area contributed by atoms with E-state index in [1.54, 1.807) is 0 Å². The molecular formula is C10H19NO3. The molecule has 0 aromatic carbocycles. The van der Waals surface area contributed by atoms with Crippen molar-refractivity contribution in [3.8, 4) is 0 Å². The summed E-state index contributed by atoms with van der Waals surface area (Å²) in [5.41, 5.74) is -0.210. The monoisotopic (exact) mass is 201 g/mol. The lowest BCUT2D eigenvalue weighted by atomic mass is 9.94. The highest BCUT2D eigenvalue weighted by Crippen LogP contribution is 2.23. The summed E-state index contributed by atoms with van der Waals surface area (Å²) < 4.78 is 0. The lowest BCUT2D eigenvalue weighted by Crippen LogP contribution is -2.42. The highest BCUT2D eigenvalue weighted by atomic mass is 16.4. The molecule has 1 unspecified atom stereocenters. The maximum absolute atomic E-state index is 10.9. The van der Waals surface area contributed by atoms with Crippen molar-refractivity contribution >= 4 is 5.97 Å². The minimum absolute atomic E-state index is 0.0931. The highest BCUT2D eigenvalue weighted by molar-refractivity contribution is 5.73. The summed E-state index contributed by atoms with van der Waals surface area (Å²) in [6, 6.07) is -0.346. The van der Waals surface area contributed by atoms with Crippen molar-refractivity contribution in [3.63, 3.8) is 0 Å². The number of likely N-dealkylation sites (tertiary alicyclic amines) is 1. The first-order valence-corrected chi connectivity index (χ1v) is 5.04. The quantitative estimate of drug-likeness (QED) is 0.697. The highest BCUT2D eigenvalue weighted by Gasteiger charge is 2.33. The van der Waals surface area contributed by atoms with Crippen molar-refractivity contribution in [2.24, 2.45) is 5.41 Å². The first-order valence-electron chi connectivity index (χ1n) is 5.04. The molecule has 1 fully saturated rings. The van der Waals surface area contributed by atoms with E-state index in [4.69, 9.17) is 10.2 Å². The normalized spacial score (nSPS) is 24.1. The van der Waals surface area contributed by atoms with Gasteiger partial charge in [0.2, 0.25) is 0 Å². The molecule has 82 valence electrons. The van der Waals surface area contributed by atoms with E-state index in [2.05, 4.69) is 0 Å². The van der Waals surface area contributed by atoms with Crippen LogP contribution < -0.4 is 0 Å². The van der Waals surface area contributed by atoms with Gasteiger partial charge in [0.15, 0.2) is 0 Å². The number of carboxylic acid groups (broad SMARTS) is 1. The van der Waals surface area contributed by atoms with Crippen LogP contribution in [0.2, 0.25) is 0 Å². The average molecular weight is 201 g/mol. The molecule has 0 bridgehead atoms. The molecule has 1 heterocycles. The Hall–Kier alpha value is -0.610. The third-order valence-corrected chi connectivity index (χ3v) is 2.71. The second-order valence-corrected chi connectivity index (χ2v) is 4.79. The van der Waals surface area contributed by atoms with E-state index >= 15 is 0 Å². The van der Waals surface area contributed by atoms with E-state index in [1.807, 2.05) is 18.7 Å². The van der Waals surface area contributed by atoms with Gasteiger partial charge in [0.25, 0.3) is 0 Å². The molecule has 1 aliphatic heterocycles. The van der Waals surface area contributed by atoms with Gasteiger partial charge in [0.1, 0.15) is 6.04 Å². The third-order valence-electron chi connectivity index (χ3n) is 2.71. The van der Waals surface area contributed by atoms with Crippen LogP contribution in [0, 0.1) is 5.41 Å². The Morgan fingerprint density at radius 3 is 2.71 bits per heavy atom. The second-order valence-electron chi connectivity index (χ2n) is 4.79. The molecule has 1 aliphatic rings. The lowest BCUT2D eigenvalue weighted by Gasteiger charge is -2.30. The summed E-state index contributed by atoms with van der Waals surface area (Å²) in [5.74, 6) is -0.740. The zero-order chi connectivity index (χ0) is 10.8. The summed E-state index contributed by atoms with van der Waals surface area (Å²) in [6.45, 7) is 5.48. The van der Waals surface area contributed by atoms with E-state index in [-0.39, 0.29) is 18.1 Å². The van der Waals surface area contributed by atoms with E-state index in [0.717, 1.165) is 19.4 Å². The number of carbonyl (C=O) groups is 1. The number of rotatable bonds is 4. The summed E-state index contributed by atoms with van der Waals surface area (Å²) in [6.07, 6.45) is 1.68. The van der Waals surface area contributed by atoms with Crippen molar-refractivity contribution in [3.05, 3.63) is 0 Å². The van der Waals surface area contributed by atoms with Gasteiger partial charge in [-0.15, -0.1) is 0 Å². The molecule has 1 rings (SSSR count). The fourth-order valence-corrected chi connectivity index (χ4v) is 1.89. The van der Waals surface area contributed by atoms with Gasteiger partial charge in [0.05, 0.1) is 0 Å². The molecule has 1 saturated heterocycles. The smallest absolute Gasteiger partial charge is 0.320 e. The van der Waals surface area contributed by atoms with Crippen molar-refractivity contribution < 1.29 is 15.0 Å². The summed E-state index contributed by atoms with van der Waals surface area (Å²) >= 11 is 0. The first-order chi connectivity index (χ1) is 6.46. The Bertz CT molecular complexity index is 215. The standard InChI is InChI=1S/C10H19NO3/c1-10(2,7-12)6-11-5-3-4-8(11)9(13)14/h8,12H,3-7H2,1-2H3,(H,13,14). The average Bonchev–Trinajstić information content (AvgIpc) is 2.51. The Kier molecular flexibility index (Phi) is 3.50. The molecule has 0 radical (unpaired) electrons. The van der Waals surface area contributed by atoms with Crippen LogP contribution >= 0.6 is 0 Å². The number of aliphatic hydroxyl groups excluding tert-OH is 1. The van der Waals surface area contributed by atoms with E-state index in [9.17, 15) is 4.79 Å². The largest absolute Gasteiger partial charge is 0.480 e. The summed E-state index contributed by atoms with van der Waals surface area (Å²) in [5, 5.41) is 18.1. The Labute approximate surface area is 84.5 Å². The Balaban J connectivity index is 2.55. The summed E-state index contributed by atoms with van der Waals surface area (Å²) in [7, 11) is 0. The molecule has 4 heteroatoms. The van der Waals surface area contributed by atoms with E-state index in [0.29, 0.717) is 6.54 Å². The van der Waals surface area contributed by atoms with Crippen molar-refractivity contribution in [2.75, 3.05) is 19.7 Å². The van der Waals surface area contributed by atoms with Crippen LogP contribution in [0.4, 0.5) is 0 Å². The van der Waals surface area contributed by atoms with Crippen molar-refractivity contribution in [2.45, 2.75) is 32.7 Å². The molecule has 0 saturated carbocycles. The SMILES string of the molecule is CC(C)(CO)CN1CCCC1C(=O)O. The van der Waals surface area contributed by atoms with Gasteiger partial charge in [-0.1, -0.05) is 13.8 Å². The van der Waals surface area contributed by atoms with Crippen LogP contribution in [0.25, 0.3) is 0 Å². The van der Waals surface area contributed by atoms with E-state index < -0.39 is 5.97 Å². The van der Waals surface area contributed by atoms with Gasteiger partial charge in [-0.25, -0.2) is 0 Å². The predicted molar refractivity (Wildman–Crippen MR) is 53.1 cm³/mol. The van der Waals surface area contributed by atoms with Gasteiger partial charge in [0, 0.05) is 18.6 Å². The maximum atomic E-state index is 10.9. The zero-order valence-corrected chi connectivity index (χ0v) is 8.86. The van der Waals surface area contributed by atoms with Gasteiger partial charge in [-0.3, -0.25) is 9.69 Å². The Morgan fingerprint density at radius 1 is 1.57 bits per heavy atom. The maximum Gasteiger partial charge on any atom is 0.320 e. The summed E-state index contributed by atoms with van der Waals surface area (Å²) in [4.78, 5) is 12.8. The van der Waals surface area contributed by atoms with Crippen molar-refractivity contribution in [1.82, 2.24) is 4.90 Å². The minimum Gasteiger partial charge on any atom is -0.480 e. The topological polar surface area (TPSA) is 60.8 Å². The van der Waals surface area contributed by atoms with Gasteiger partial charge >= 0.3 is 5.97 Å². The van der Waals surface area contributed by atoms with Crippen LogP contribution in [0.1, 0.15) is 26.7 Å². The van der Waals surface area contributed by atoms with Gasteiger partial charge in [-0.05, 0) is 19.4 Å². The molecule has 4 nitrogen and oxygen atoms in total.